The lowest BCUT2D eigenvalue weighted by Gasteiger charge is -2.09. The first kappa shape index (κ1) is 14.6. The summed E-state index contributed by atoms with van der Waals surface area (Å²) >= 11 is 3.04. The number of aromatic nitrogens is 3. The van der Waals surface area contributed by atoms with Crippen LogP contribution < -0.4 is 4.72 Å². The molecule has 1 rings (SSSR count). The minimum atomic E-state index is -3.62. The number of hydrogen-bond donors (Lipinski definition) is 1. The second-order valence-electron chi connectivity index (χ2n) is 3.63. The zero-order valence-corrected chi connectivity index (χ0v) is 12.2. The summed E-state index contributed by atoms with van der Waals surface area (Å²) in [5, 5.41) is 7.23. The van der Waals surface area contributed by atoms with E-state index < -0.39 is 10.0 Å². The summed E-state index contributed by atoms with van der Waals surface area (Å²) < 4.78 is 32.8. The smallest absolute Gasteiger partial charge is 0.260 e. The number of ether oxygens (including phenoxy) is 1. The summed E-state index contributed by atoms with van der Waals surface area (Å²) in [6.45, 7) is 4.30. The third-order valence-corrected chi connectivity index (χ3v) is 4.18. The third-order valence-electron chi connectivity index (χ3n) is 1.84. The molecule has 1 aromatic rings. The van der Waals surface area contributed by atoms with Gasteiger partial charge in [0.1, 0.15) is 0 Å². The number of halogens is 1. The van der Waals surface area contributed by atoms with Crippen molar-refractivity contribution in [1.82, 2.24) is 19.7 Å². The van der Waals surface area contributed by atoms with Gasteiger partial charge in [-0.1, -0.05) is 5.21 Å². The SMILES string of the molecule is CC(C)OCCNS(=O)(=O)c1c(Br)nnn1C. The molecule has 1 N–H and O–H groups in total. The van der Waals surface area contributed by atoms with Gasteiger partial charge in [0.2, 0.25) is 5.03 Å². The summed E-state index contributed by atoms with van der Waals surface area (Å²) in [4.78, 5) is 0. The Hall–Kier alpha value is -0.510. The van der Waals surface area contributed by atoms with E-state index in [1.165, 1.54) is 11.7 Å². The lowest BCUT2D eigenvalue weighted by Crippen LogP contribution is -2.30. The molecule has 1 heterocycles. The minimum Gasteiger partial charge on any atom is -0.377 e. The second-order valence-corrected chi connectivity index (χ2v) is 6.06. The van der Waals surface area contributed by atoms with Gasteiger partial charge in [-0.2, -0.15) is 0 Å². The van der Waals surface area contributed by atoms with Gasteiger partial charge in [0, 0.05) is 13.6 Å². The molecule has 0 radical (unpaired) electrons. The van der Waals surface area contributed by atoms with Crippen molar-refractivity contribution in [2.24, 2.45) is 7.05 Å². The molecule has 0 aliphatic heterocycles. The Kier molecular flexibility index (Phi) is 5.04. The number of nitrogens with one attached hydrogen (secondary N) is 1. The summed E-state index contributed by atoms with van der Waals surface area (Å²) in [6.07, 6.45) is 0.0737. The topological polar surface area (TPSA) is 86.1 Å². The molecule has 0 fully saturated rings. The van der Waals surface area contributed by atoms with Gasteiger partial charge >= 0.3 is 0 Å². The lowest BCUT2D eigenvalue weighted by molar-refractivity contribution is 0.0833. The van der Waals surface area contributed by atoms with Gasteiger partial charge in [-0.15, -0.1) is 5.10 Å². The van der Waals surface area contributed by atoms with Crippen LogP contribution in [0.4, 0.5) is 0 Å². The maximum absolute atomic E-state index is 11.9. The van der Waals surface area contributed by atoms with Gasteiger partial charge in [-0.3, -0.25) is 0 Å². The fraction of sp³-hybridized carbons (Fsp3) is 0.750. The van der Waals surface area contributed by atoms with E-state index in [1.807, 2.05) is 13.8 Å². The highest BCUT2D eigenvalue weighted by atomic mass is 79.9. The Bertz CT molecular complexity index is 452. The van der Waals surface area contributed by atoms with E-state index in [-0.39, 0.29) is 22.3 Å². The first-order valence-corrected chi connectivity index (χ1v) is 7.28. The Morgan fingerprint density at radius 1 is 1.53 bits per heavy atom. The molecule has 0 aliphatic rings. The molecule has 98 valence electrons. The molecular formula is C8H15BrN4O3S. The van der Waals surface area contributed by atoms with Crippen LogP contribution >= 0.6 is 15.9 Å². The second kappa shape index (κ2) is 5.89. The molecule has 0 unspecified atom stereocenters. The molecule has 0 aliphatic carbocycles. The Morgan fingerprint density at radius 2 is 2.18 bits per heavy atom. The summed E-state index contributed by atoms with van der Waals surface area (Å²) in [5.74, 6) is 0. The molecule has 0 amide bonds. The normalized spacial score (nSPS) is 12.3. The van der Waals surface area contributed by atoms with Crippen molar-refractivity contribution in [3.05, 3.63) is 4.60 Å². The van der Waals surface area contributed by atoms with E-state index in [4.69, 9.17) is 4.74 Å². The largest absolute Gasteiger partial charge is 0.377 e. The highest BCUT2D eigenvalue weighted by molar-refractivity contribution is 9.10. The van der Waals surface area contributed by atoms with Gasteiger partial charge in [-0.25, -0.2) is 17.8 Å². The molecule has 1 aromatic heterocycles. The van der Waals surface area contributed by atoms with E-state index in [2.05, 4.69) is 31.0 Å². The van der Waals surface area contributed by atoms with Crippen LogP contribution in [0, 0.1) is 0 Å². The molecule has 0 atom stereocenters. The molecule has 0 bridgehead atoms. The van der Waals surface area contributed by atoms with Gasteiger partial charge in [0.25, 0.3) is 10.0 Å². The van der Waals surface area contributed by atoms with E-state index in [1.54, 1.807) is 0 Å². The Labute approximate surface area is 109 Å². The number of hydrogen-bond acceptors (Lipinski definition) is 5. The van der Waals surface area contributed by atoms with Gasteiger partial charge in [-0.05, 0) is 29.8 Å². The van der Waals surface area contributed by atoms with Crippen molar-refractivity contribution in [3.8, 4) is 0 Å². The average molecular weight is 327 g/mol. The van der Waals surface area contributed by atoms with E-state index in [9.17, 15) is 8.42 Å². The van der Waals surface area contributed by atoms with Crippen LogP contribution in [0.15, 0.2) is 9.63 Å². The molecule has 0 saturated heterocycles. The van der Waals surface area contributed by atoms with Gasteiger partial charge in [0.15, 0.2) is 4.60 Å². The zero-order chi connectivity index (χ0) is 13.1. The molecular weight excluding hydrogens is 312 g/mol. The van der Waals surface area contributed by atoms with Crippen molar-refractivity contribution in [1.29, 1.82) is 0 Å². The number of aryl methyl sites for hydroxylation is 1. The Balaban J connectivity index is 2.64. The molecule has 9 heteroatoms. The summed E-state index contributed by atoms with van der Waals surface area (Å²) in [6, 6.07) is 0. The van der Waals surface area contributed by atoms with Crippen molar-refractivity contribution in [2.75, 3.05) is 13.2 Å². The van der Waals surface area contributed by atoms with Crippen LogP contribution in [0.5, 0.6) is 0 Å². The monoisotopic (exact) mass is 326 g/mol. The first-order chi connectivity index (χ1) is 7.84. The number of sulfonamides is 1. The van der Waals surface area contributed by atoms with Crippen LogP contribution in [-0.2, 0) is 21.8 Å². The van der Waals surface area contributed by atoms with E-state index in [0.717, 1.165) is 0 Å². The highest BCUT2D eigenvalue weighted by Crippen LogP contribution is 2.17. The van der Waals surface area contributed by atoms with Crippen molar-refractivity contribution < 1.29 is 13.2 Å². The van der Waals surface area contributed by atoms with E-state index >= 15 is 0 Å². The minimum absolute atomic E-state index is 0.00190. The quantitative estimate of drug-likeness (QED) is 0.759. The van der Waals surface area contributed by atoms with Crippen molar-refractivity contribution in [3.63, 3.8) is 0 Å². The standard InChI is InChI=1S/C8H15BrN4O3S/c1-6(2)16-5-4-10-17(14,15)8-7(9)11-12-13(8)3/h6,10H,4-5H2,1-3H3. The van der Waals surface area contributed by atoms with Gasteiger partial charge in [0.05, 0.1) is 12.7 Å². The van der Waals surface area contributed by atoms with Gasteiger partial charge < -0.3 is 4.74 Å². The third kappa shape index (κ3) is 4.02. The molecule has 0 saturated carbocycles. The zero-order valence-electron chi connectivity index (χ0n) is 9.84. The van der Waals surface area contributed by atoms with Crippen molar-refractivity contribution in [2.45, 2.75) is 25.0 Å². The number of rotatable bonds is 6. The maximum Gasteiger partial charge on any atom is 0.260 e. The predicted octanol–water partition coefficient (Wildman–Crippen LogP) is 0.281. The van der Waals surface area contributed by atoms with Crippen LogP contribution in [0.3, 0.4) is 0 Å². The number of nitrogens with zero attached hydrogens (tertiary/aromatic N) is 3. The van der Waals surface area contributed by atoms with Crippen LogP contribution in [0.2, 0.25) is 0 Å². The summed E-state index contributed by atoms with van der Waals surface area (Å²) in [5.41, 5.74) is 0. The molecule has 0 spiro atoms. The first-order valence-electron chi connectivity index (χ1n) is 5.01. The fourth-order valence-corrected chi connectivity index (χ4v) is 3.25. The van der Waals surface area contributed by atoms with Crippen molar-refractivity contribution >= 4 is 26.0 Å². The predicted molar refractivity (Wildman–Crippen MR) is 65.0 cm³/mol. The highest BCUT2D eigenvalue weighted by Gasteiger charge is 2.23. The molecule has 7 nitrogen and oxygen atoms in total. The average Bonchev–Trinajstić information content (AvgIpc) is 2.53. The maximum atomic E-state index is 11.9. The van der Waals surface area contributed by atoms with E-state index in [0.29, 0.717) is 6.61 Å². The molecule has 17 heavy (non-hydrogen) atoms. The lowest BCUT2D eigenvalue weighted by atomic mass is 10.5. The summed E-state index contributed by atoms with van der Waals surface area (Å²) in [7, 11) is -2.10. The fourth-order valence-electron chi connectivity index (χ4n) is 1.15. The van der Waals surface area contributed by atoms with Crippen LogP contribution in [0.25, 0.3) is 0 Å². The Morgan fingerprint density at radius 3 is 2.65 bits per heavy atom. The van der Waals surface area contributed by atoms with Crippen LogP contribution in [-0.4, -0.2) is 42.7 Å². The van der Waals surface area contributed by atoms with Crippen LogP contribution in [0.1, 0.15) is 13.8 Å². The molecule has 0 aromatic carbocycles.